The third-order valence-corrected chi connectivity index (χ3v) is 1.01. The van der Waals surface area contributed by atoms with E-state index in [0.717, 1.165) is 0 Å². The fourth-order valence-electron chi connectivity index (χ4n) is 0.312. The van der Waals surface area contributed by atoms with Gasteiger partial charge in [0.1, 0.15) is 6.61 Å². The monoisotopic (exact) mass is 226 g/mol. The van der Waals surface area contributed by atoms with Gasteiger partial charge in [-0.2, -0.15) is 17.6 Å². The average molecular weight is 226 g/mol. The molecule has 0 aromatic carbocycles. The number of ether oxygens (including phenoxy) is 1. The lowest BCUT2D eigenvalue weighted by atomic mass is 10.4. The molecule has 0 unspecified atom stereocenters. The van der Waals surface area contributed by atoms with Crippen molar-refractivity contribution in [3.05, 3.63) is 0 Å². The van der Waals surface area contributed by atoms with Crippen LogP contribution in [0.4, 0.5) is 26.3 Å². The van der Waals surface area contributed by atoms with Gasteiger partial charge in [0.25, 0.3) is 0 Å². The van der Waals surface area contributed by atoms with Gasteiger partial charge in [0.05, 0.1) is 0 Å². The summed E-state index contributed by atoms with van der Waals surface area (Å²) in [5.41, 5.74) is 0. The Morgan fingerprint density at radius 2 is 1.71 bits per heavy atom. The first-order chi connectivity index (χ1) is 6.09. The Morgan fingerprint density at radius 3 is 2.00 bits per heavy atom. The Hall–Kier alpha value is -0.990. The van der Waals surface area contributed by atoms with Gasteiger partial charge < -0.3 is 9.84 Å². The Balaban J connectivity index is 4.25. The highest BCUT2D eigenvalue weighted by molar-refractivity contribution is 5.73. The molecule has 0 saturated heterocycles. The summed E-state index contributed by atoms with van der Waals surface area (Å²) >= 11 is 0. The lowest BCUT2D eigenvalue weighted by molar-refractivity contribution is -0.277. The lowest BCUT2D eigenvalue weighted by Crippen LogP contribution is -2.40. The summed E-state index contributed by atoms with van der Waals surface area (Å²) in [5, 5.41) is 7.67. The minimum absolute atomic E-state index is 2.37. The van der Waals surface area contributed by atoms with Crippen molar-refractivity contribution >= 4 is 5.97 Å². The Bertz CT molecular complexity index is 216. The number of carboxylic acids is 1. The van der Waals surface area contributed by atoms with E-state index in [-0.39, 0.29) is 0 Å². The number of hydrogen-bond acceptors (Lipinski definition) is 2. The molecule has 0 bridgehead atoms. The van der Waals surface area contributed by atoms with Gasteiger partial charge >= 0.3 is 24.4 Å². The van der Waals surface area contributed by atoms with Crippen LogP contribution in [0.5, 0.6) is 0 Å². The van der Waals surface area contributed by atoms with Crippen LogP contribution in [0.15, 0.2) is 0 Å². The first kappa shape index (κ1) is 13.0. The van der Waals surface area contributed by atoms with Gasteiger partial charge in [-0.1, -0.05) is 0 Å². The molecule has 0 radical (unpaired) electrons. The summed E-state index contributed by atoms with van der Waals surface area (Å²) in [6.07, 6.45) is -9.11. The number of halogens is 6. The van der Waals surface area contributed by atoms with Crippen molar-refractivity contribution in [2.75, 3.05) is 6.61 Å². The van der Waals surface area contributed by atoms with Gasteiger partial charge in [-0.05, 0) is 0 Å². The maximum Gasteiger partial charge on any atom is 0.456 e. The van der Waals surface area contributed by atoms with E-state index in [9.17, 15) is 31.1 Å². The van der Waals surface area contributed by atoms with Crippen molar-refractivity contribution in [1.82, 2.24) is 0 Å². The summed E-state index contributed by atoms with van der Waals surface area (Å²) in [6, 6.07) is 0. The highest BCUT2D eigenvalue weighted by Gasteiger charge is 2.48. The quantitative estimate of drug-likeness (QED) is 0.724. The molecule has 0 amide bonds. The van der Waals surface area contributed by atoms with Crippen molar-refractivity contribution in [2.45, 2.75) is 18.5 Å². The maximum atomic E-state index is 11.9. The van der Waals surface area contributed by atoms with Crippen molar-refractivity contribution in [2.24, 2.45) is 0 Å². The number of rotatable bonds is 5. The molecule has 0 aliphatic carbocycles. The second kappa shape index (κ2) is 4.03. The first-order valence-electron chi connectivity index (χ1n) is 3.01. The molecule has 0 aliphatic heterocycles. The van der Waals surface area contributed by atoms with Crippen molar-refractivity contribution in [3.63, 3.8) is 0 Å². The number of carboxylic acid groups (broad SMARTS) is 1. The van der Waals surface area contributed by atoms with Gasteiger partial charge in [0.2, 0.25) is 0 Å². The van der Waals surface area contributed by atoms with E-state index in [1.165, 1.54) is 0 Å². The standard InChI is InChI=1S/C5H4F6O3/c6-2(7)4(8,9)1-14-5(10,11)3(12)13/h2H,1H2,(H,12,13). The van der Waals surface area contributed by atoms with E-state index in [1.54, 1.807) is 0 Å². The molecule has 1 N–H and O–H groups in total. The highest BCUT2D eigenvalue weighted by Crippen LogP contribution is 2.26. The van der Waals surface area contributed by atoms with E-state index in [2.05, 4.69) is 4.74 Å². The second-order valence-electron chi connectivity index (χ2n) is 2.17. The number of alkyl halides is 6. The van der Waals surface area contributed by atoms with E-state index < -0.39 is 31.0 Å². The molecule has 0 aliphatic rings. The maximum absolute atomic E-state index is 11.9. The Labute approximate surface area is 73.3 Å². The van der Waals surface area contributed by atoms with Crippen LogP contribution in [0, 0.1) is 0 Å². The SMILES string of the molecule is O=C(O)C(F)(F)OCC(F)(F)C(F)F. The van der Waals surface area contributed by atoms with Crippen molar-refractivity contribution in [3.8, 4) is 0 Å². The third kappa shape index (κ3) is 3.40. The molecular formula is C5H4F6O3. The highest BCUT2D eigenvalue weighted by atomic mass is 19.3. The summed E-state index contributed by atoms with van der Waals surface area (Å²) in [7, 11) is 0. The topological polar surface area (TPSA) is 46.5 Å². The second-order valence-corrected chi connectivity index (χ2v) is 2.17. The summed E-state index contributed by atoms with van der Waals surface area (Å²) in [4.78, 5) is 9.60. The molecule has 0 atom stereocenters. The van der Waals surface area contributed by atoms with Crippen LogP contribution in [-0.2, 0) is 9.53 Å². The van der Waals surface area contributed by atoms with Crippen molar-refractivity contribution < 1.29 is 41.0 Å². The molecule has 0 fully saturated rings. The molecule has 0 aromatic rings. The normalized spacial score (nSPS) is 13.4. The van der Waals surface area contributed by atoms with Crippen LogP contribution in [0.2, 0.25) is 0 Å². The minimum Gasteiger partial charge on any atom is -0.475 e. The molecule has 0 heterocycles. The predicted molar refractivity (Wildman–Crippen MR) is 29.5 cm³/mol. The zero-order valence-corrected chi connectivity index (χ0v) is 6.32. The fraction of sp³-hybridized carbons (Fsp3) is 0.800. The van der Waals surface area contributed by atoms with Crippen LogP contribution < -0.4 is 0 Å². The average Bonchev–Trinajstić information content (AvgIpc) is 2.01. The van der Waals surface area contributed by atoms with E-state index in [4.69, 9.17) is 5.11 Å². The molecule has 0 saturated carbocycles. The van der Waals surface area contributed by atoms with Crippen molar-refractivity contribution in [1.29, 1.82) is 0 Å². The van der Waals surface area contributed by atoms with Crippen LogP contribution >= 0.6 is 0 Å². The van der Waals surface area contributed by atoms with Gasteiger partial charge in [0.15, 0.2) is 0 Å². The van der Waals surface area contributed by atoms with E-state index in [0.29, 0.717) is 0 Å². The first-order valence-corrected chi connectivity index (χ1v) is 3.01. The van der Waals surface area contributed by atoms with Gasteiger partial charge in [-0.15, -0.1) is 0 Å². The van der Waals surface area contributed by atoms with Gasteiger partial charge in [0, 0.05) is 0 Å². The summed E-state index contributed by atoms with van der Waals surface area (Å²) in [5.74, 6) is -7.64. The number of carbonyl (C=O) groups is 1. The fourth-order valence-corrected chi connectivity index (χ4v) is 0.312. The largest absolute Gasteiger partial charge is 0.475 e. The Morgan fingerprint density at radius 1 is 1.29 bits per heavy atom. The molecule has 0 rings (SSSR count). The zero-order chi connectivity index (χ0) is 11.6. The lowest BCUT2D eigenvalue weighted by Gasteiger charge is -2.18. The molecule has 0 aromatic heterocycles. The van der Waals surface area contributed by atoms with Crippen LogP contribution in [0.1, 0.15) is 0 Å². The molecule has 9 heteroatoms. The van der Waals surface area contributed by atoms with Crippen LogP contribution in [0.25, 0.3) is 0 Å². The number of hydrogen-bond donors (Lipinski definition) is 1. The number of aliphatic carboxylic acids is 1. The predicted octanol–water partition coefficient (Wildman–Crippen LogP) is 1.58. The third-order valence-electron chi connectivity index (χ3n) is 1.01. The summed E-state index contributed by atoms with van der Waals surface area (Å²) in [6.45, 7) is -2.37. The Kier molecular flexibility index (Phi) is 3.74. The molecule has 14 heavy (non-hydrogen) atoms. The van der Waals surface area contributed by atoms with Crippen LogP contribution in [-0.4, -0.2) is 36.1 Å². The van der Waals surface area contributed by atoms with E-state index >= 15 is 0 Å². The molecule has 84 valence electrons. The molecule has 3 nitrogen and oxygen atoms in total. The van der Waals surface area contributed by atoms with Gasteiger partial charge in [-0.3, -0.25) is 0 Å². The molecular weight excluding hydrogens is 222 g/mol. The smallest absolute Gasteiger partial charge is 0.456 e. The van der Waals surface area contributed by atoms with Crippen LogP contribution in [0.3, 0.4) is 0 Å². The summed E-state index contributed by atoms with van der Waals surface area (Å²) < 4.78 is 73.3. The van der Waals surface area contributed by atoms with Gasteiger partial charge in [-0.25, -0.2) is 13.6 Å². The van der Waals surface area contributed by atoms with E-state index in [1.807, 2.05) is 0 Å². The zero-order valence-electron chi connectivity index (χ0n) is 6.32. The minimum atomic E-state index is -4.90. The molecule has 0 spiro atoms.